The maximum atomic E-state index is 5.15. The molecule has 3 aromatic rings. The van der Waals surface area contributed by atoms with Crippen molar-refractivity contribution in [3.63, 3.8) is 0 Å². The second-order valence-corrected chi connectivity index (χ2v) is 5.87. The molecule has 0 aliphatic carbocycles. The minimum atomic E-state index is 0.731. The van der Waals surface area contributed by atoms with E-state index in [1.54, 1.807) is 23.0 Å². The van der Waals surface area contributed by atoms with Crippen molar-refractivity contribution in [2.45, 2.75) is 0 Å². The van der Waals surface area contributed by atoms with Crippen LogP contribution in [0.2, 0.25) is 0 Å². The van der Waals surface area contributed by atoms with Gasteiger partial charge in [-0.25, -0.2) is 9.50 Å². The van der Waals surface area contributed by atoms with Gasteiger partial charge in [-0.15, -0.1) is 16.4 Å². The standard InChI is InChI=1S/C11H8BrN3OS/c1-16-7-2-5-10-13-11(14-15(10)6-7)8-3-4-9(12)17-8/h2-6H,1H3. The van der Waals surface area contributed by atoms with E-state index in [2.05, 4.69) is 26.0 Å². The van der Waals surface area contributed by atoms with Crippen LogP contribution in [0, 0.1) is 0 Å². The lowest BCUT2D eigenvalue weighted by atomic mass is 10.4. The van der Waals surface area contributed by atoms with E-state index in [0.29, 0.717) is 0 Å². The third-order valence-corrected chi connectivity index (χ3v) is 3.95. The normalized spacial score (nSPS) is 10.9. The van der Waals surface area contributed by atoms with Gasteiger partial charge in [0, 0.05) is 0 Å². The number of hydrogen-bond donors (Lipinski definition) is 0. The smallest absolute Gasteiger partial charge is 0.192 e. The number of methoxy groups -OCH3 is 1. The van der Waals surface area contributed by atoms with Gasteiger partial charge >= 0.3 is 0 Å². The lowest BCUT2D eigenvalue weighted by Crippen LogP contribution is -1.89. The van der Waals surface area contributed by atoms with Gasteiger partial charge in [0.15, 0.2) is 11.5 Å². The number of halogens is 1. The molecule has 0 atom stereocenters. The number of fused-ring (bicyclic) bond motifs is 1. The molecular formula is C11H8BrN3OS. The zero-order valence-electron chi connectivity index (χ0n) is 8.92. The number of nitrogens with zero attached hydrogens (tertiary/aromatic N) is 3. The molecule has 0 saturated heterocycles. The fourth-order valence-electron chi connectivity index (χ4n) is 1.52. The van der Waals surface area contributed by atoms with Gasteiger partial charge in [0.05, 0.1) is 22.0 Å². The van der Waals surface area contributed by atoms with Crippen LogP contribution in [0.1, 0.15) is 0 Å². The van der Waals surface area contributed by atoms with Gasteiger partial charge in [0.25, 0.3) is 0 Å². The molecule has 3 heterocycles. The Morgan fingerprint density at radius 3 is 2.88 bits per heavy atom. The van der Waals surface area contributed by atoms with Crippen LogP contribution >= 0.6 is 27.3 Å². The van der Waals surface area contributed by atoms with E-state index in [4.69, 9.17) is 4.74 Å². The Labute approximate surface area is 110 Å². The number of thiophene rings is 1. The summed E-state index contributed by atoms with van der Waals surface area (Å²) >= 11 is 5.05. The Balaban J connectivity index is 2.13. The van der Waals surface area contributed by atoms with Crippen molar-refractivity contribution in [1.29, 1.82) is 0 Å². The van der Waals surface area contributed by atoms with Crippen LogP contribution in [0.5, 0.6) is 5.75 Å². The van der Waals surface area contributed by atoms with Crippen molar-refractivity contribution in [3.8, 4) is 16.5 Å². The molecule has 0 spiro atoms. The first kappa shape index (κ1) is 10.7. The Morgan fingerprint density at radius 2 is 2.18 bits per heavy atom. The quantitative estimate of drug-likeness (QED) is 0.729. The van der Waals surface area contributed by atoms with Crippen molar-refractivity contribution in [3.05, 3.63) is 34.2 Å². The molecular weight excluding hydrogens is 302 g/mol. The molecule has 0 aromatic carbocycles. The summed E-state index contributed by atoms with van der Waals surface area (Å²) in [6.45, 7) is 0. The minimum Gasteiger partial charge on any atom is -0.495 e. The Hall–Kier alpha value is -1.40. The first-order valence-electron chi connectivity index (χ1n) is 4.92. The number of ether oxygens (including phenoxy) is 1. The highest BCUT2D eigenvalue weighted by Crippen LogP contribution is 2.29. The number of rotatable bonds is 2. The topological polar surface area (TPSA) is 39.4 Å². The van der Waals surface area contributed by atoms with Gasteiger partial charge in [-0.2, -0.15) is 0 Å². The highest BCUT2D eigenvalue weighted by molar-refractivity contribution is 9.11. The van der Waals surface area contributed by atoms with Crippen molar-refractivity contribution >= 4 is 32.9 Å². The van der Waals surface area contributed by atoms with Crippen LogP contribution in [-0.4, -0.2) is 21.7 Å². The van der Waals surface area contributed by atoms with Gasteiger partial charge in [0.2, 0.25) is 0 Å². The summed E-state index contributed by atoms with van der Waals surface area (Å²) < 4.78 is 7.94. The zero-order chi connectivity index (χ0) is 11.8. The summed E-state index contributed by atoms with van der Waals surface area (Å²) in [4.78, 5) is 5.50. The van der Waals surface area contributed by atoms with Crippen molar-refractivity contribution in [2.75, 3.05) is 7.11 Å². The highest BCUT2D eigenvalue weighted by atomic mass is 79.9. The molecule has 0 amide bonds. The van der Waals surface area contributed by atoms with Gasteiger partial charge in [-0.05, 0) is 40.2 Å². The molecule has 4 nitrogen and oxygen atoms in total. The average Bonchev–Trinajstić information content (AvgIpc) is 2.93. The van der Waals surface area contributed by atoms with Gasteiger partial charge < -0.3 is 4.74 Å². The number of hydrogen-bond acceptors (Lipinski definition) is 4. The average molecular weight is 310 g/mol. The predicted molar refractivity (Wildman–Crippen MR) is 70.6 cm³/mol. The summed E-state index contributed by atoms with van der Waals surface area (Å²) in [6, 6.07) is 7.75. The minimum absolute atomic E-state index is 0.731. The number of aromatic nitrogens is 3. The third-order valence-electron chi connectivity index (χ3n) is 2.33. The van der Waals surface area contributed by atoms with Gasteiger partial charge in [0.1, 0.15) is 5.75 Å². The molecule has 0 aliphatic heterocycles. The maximum absolute atomic E-state index is 5.15. The monoisotopic (exact) mass is 309 g/mol. The molecule has 3 aromatic heterocycles. The van der Waals surface area contributed by atoms with E-state index in [1.807, 2.05) is 30.5 Å². The molecule has 0 N–H and O–H groups in total. The van der Waals surface area contributed by atoms with E-state index in [1.165, 1.54) is 0 Å². The molecule has 0 radical (unpaired) electrons. The van der Waals surface area contributed by atoms with E-state index in [-0.39, 0.29) is 0 Å². The molecule has 0 saturated carbocycles. The second kappa shape index (κ2) is 4.12. The number of pyridine rings is 1. The molecule has 0 aliphatic rings. The second-order valence-electron chi connectivity index (χ2n) is 3.41. The van der Waals surface area contributed by atoms with Gasteiger partial charge in [-0.3, -0.25) is 0 Å². The third kappa shape index (κ3) is 1.94. The Morgan fingerprint density at radius 1 is 1.29 bits per heavy atom. The summed E-state index contributed by atoms with van der Waals surface area (Å²) in [5.74, 6) is 1.50. The molecule has 17 heavy (non-hydrogen) atoms. The van der Waals surface area contributed by atoms with Crippen LogP contribution in [0.4, 0.5) is 0 Å². The van der Waals surface area contributed by atoms with Crippen molar-refractivity contribution in [1.82, 2.24) is 14.6 Å². The fourth-order valence-corrected chi connectivity index (χ4v) is 2.84. The highest BCUT2D eigenvalue weighted by Gasteiger charge is 2.08. The first-order chi connectivity index (χ1) is 8.26. The van der Waals surface area contributed by atoms with E-state index >= 15 is 0 Å². The maximum Gasteiger partial charge on any atom is 0.192 e. The summed E-state index contributed by atoms with van der Waals surface area (Å²) in [5, 5.41) is 4.42. The lowest BCUT2D eigenvalue weighted by molar-refractivity contribution is 0.411. The predicted octanol–water partition coefficient (Wildman–Crippen LogP) is 3.23. The fraction of sp³-hybridized carbons (Fsp3) is 0.0909. The first-order valence-corrected chi connectivity index (χ1v) is 6.53. The van der Waals surface area contributed by atoms with Crippen LogP contribution < -0.4 is 4.74 Å². The van der Waals surface area contributed by atoms with Gasteiger partial charge in [-0.1, -0.05) is 0 Å². The molecule has 0 bridgehead atoms. The largest absolute Gasteiger partial charge is 0.495 e. The molecule has 0 fully saturated rings. The molecule has 3 rings (SSSR count). The summed E-state index contributed by atoms with van der Waals surface area (Å²) in [5.41, 5.74) is 0.810. The van der Waals surface area contributed by atoms with Crippen molar-refractivity contribution in [2.24, 2.45) is 0 Å². The summed E-state index contributed by atoms with van der Waals surface area (Å²) in [6.07, 6.45) is 1.81. The van der Waals surface area contributed by atoms with Crippen LogP contribution in [0.25, 0.3) is 16.3 Å². The molecule has 6 heteroatoms. The van der Waals surface area contributed by atoms with E-state index < -0.39 is 0 Å². The van der Waals surface area contributed by atoms with Crippen LogP contribution in [0.15, 0.2) is 34.2 Å². The molecule has 86 valence electrons. The molecule has 0 unspecified atom stereocenters. The SMILES string of the molecule is COc1ccc2nc(-c3ccc(Br)s3)nn2c1. The Kier molecular flexibility index (Phi) is 2.60. The summed E-state index contributed by atoms with van der Waals surface area (Å²) in [7, 11) is 1.63. The Bertz CT molecular complexity index is 676. The lowest BCUT2D eigenvalue weighted by Gasteiger charge is -1.97. The van der Waals surface area contributed by atoms with Crippen molar-refractivity contribution < 1.29 is 4.74 Å². The van der Waals surface area contributed by atoms with E-state index in [0.717, 1.165) is 25.9 Å². The van der Waals surface area contributed by atoms with Crippen LogP contribution in [-0.2, 0) is 0 Å². The van der Waals surface area contributed by atoms with E-state index in [9.17, 15) is 0 Å². The van der Waals surface area contributed by atoms with Crippen LogP contribution in [0.3, 0.4) is 0 Å². The zero-order valence-corrected chi connectivity index (χ0v) is 11.3.